The molecule has 0 radical (unpaired) electrons. The van der Waals surface area contributed by atoms with Crippen molar-refractivity contribution in [1.29, 1.82) is 0 Å². The Kier molecular flexibility index (Phi) is 5.85. The fraction of sp³-hybridized carbons (Fsp3) is 0.429. The fourth-order valence-electron chi connectivity index (χ4n) is 1.68. The third kappa shape index (κ3) is 4.28. The average Bonchev–Trinajstić information content (AvgIpc) is 2.44. The predicted octanol–water partition coefficient (Wildman–Crippen LogP) is 1.75. The third-order valence-corrected chi connectivity index (χ3v) is 2.75. The van der Waals surface area contributed by atoms with Crippen LogP contribution in [0.25, 0.3) is 0 Å². The largest absolute Gasteiger partial charge is 0.469 e. The number of anilines is 1. The normalized spacial score (nSPS) is 9.84. The highest BCUT2D eigenvalue weighted by atomic mass is 16.5. The number of carbonyl (C=O) groups is 2. The van der Waals surface area contributed by atoms with E-state index < -0.39 is 0 Å². The molecule has 0 aliphatic rings. The second-order valence-corrected chi connectivity index (χ2v) is 4.13. The number of benzene rings is 1. The van der Waals surface area contributed by atoms with Crippen molar-refractivity contribution >= 4 is 17.6 Å². The Bertz CT molecular complexity index is 446. The molecule has 5 heteroatoms. The van der Waals surface area contributed by atoms with Gasteiger partial charge in [0.2, 0.25) is 0 Å². The zero-order valence-electron chi connectivity index (χ0n) is 11.6. The number of ether oxygens (including phenoxy) is 1. The number of hydrogen-bond donors (Lipinski definition) is 1. The lowest BCUT2D eigenvalue weighted by atomic mass is 10.1. The van der Waals surface area contributed by atoms with Gasteiger partial charge >= 0.3 is 5.97 Å². The minimum Gasteiger partial charge on any atom is -0.469 e. The van der Waals surface area contributed by atoms with Gasteiger partial charge < -0.3 is 15.0 Å². The monoisotopic (exact) mass is 264 g/mol. The van der Waals surface area contributed by atoms with Gasteiger partial charge in [0.25, 0.3) is 5.91 Å². The Labute approximate surface area is 113 Å². The molecule has 0 heterocycles. The van der Waals surface area contributed by atoms with E-state index in [-0.39, 0.29) is 18.3 Å². The van der Waals surface area contributed by atoms with Crippen LogP contribution in [0.15, 0.2) is 24.3 Å². The van der Waals surface area contributed by atoms with E-state index in [9.17, 15) is 9.59 Å². The van der Waals surface area contributed by atoms with Crippen LogP contribution < -0.4 is 5.32 Å². The molecule has 0 aromatic heterocycles. The van der Waals surface area contributed by atoms with Gasteiger partial charge in [-0.2, -0.15) is 0 Å². The fourth-order valence-corrected chi connectivity index (χ4v) is 1.68. The zero-order chi connectivity index (χ0) is 14.3. The molecule has 1 aromatic carbocycles. The van der Waals surface area contributed by atoms with Crippen LogP contribution in [-0.2, 0) is 9.53 Å². The van der Waals surface area contributed by atoms with Crippen molar-refractivity contribution in [2.45, 2.75) is 13.3 Å². The number of nitrogens with one attached hydrogen (secondary N) is 1. The zero-order valence-corrected chi connectivity index (χ0v) is 11.6. The summed E-state index contributed by atoms with van der Waals surface area (Å²) in [7, 11) is 3.01. The van der Waals surface area contributed by atoms with Crippen molar-refractivity contribution in [3.05, 3.63) is 29.8 Å². The summed E-state index contributed by atoms with van der Waals surface area (Å²) in [5.41, 5.74) is 1.41. The van der Waals surface area contributed by atoms with E-state index in [4.69, 9.17) is 0 Å². The highest BCUT2D eigenvalue weighted by Crippen LogP contribution is 2.16. The van der Waals surface area contributed by atoms with Crippen LogP contribution in [0.1, 0.15) is 23.7 Å². The van der Waals surface area contributed by atoms with Crippen LogP contribution in [0.4, 0.5) is 5.69 Å². The van der Waals surface area contributed by atoms with Crippen molar-refractivity contribution < 1.29 is 14.3 Å². The summed E-state index contributed by atoms with van der Waals surface area (Å²) in [6.45, 7) is 3.06. The number of carbonyl (C=O) groups excluding carboxylic acids is 2. The minimum absolute atomic E-state index is 0.111. The second kappa shape index (κ2) is 7.41. The van der Waals surface area contributed by atoms with Crippen LogP contribution in [0.3, 0.4) is 0 Å². The SMILES string of the molecule is CCNc1ccccc1C(=O)N(C)CCC(=O)OC. The van der Waals surface area contributed by atoms with E-state index >= 15 is 0 Å². The molecule has 0 atom stereocenters. The first-order chi connectivity index (χ1) is 9.10. The number of para-hydroxylation sites is 1. The van der Waals surface area contributed by atoms with Crippen LogP contribution in [-0.4, -0.2) is 44.0 Å². The smallest absolute Gasteiger partial charge is 0.307 e. The first kappa shape index (κ1) is 15.0. The maximum absolute atomic E-state index is 12.3. The summed E-state index contributed by atoms with van der Waals surface area (Å²) in [5.74, 6) is -0.430. The Morgan fingerprint density at radius 3 is 2.63 bits per heavy atom. The van der Waals surface area contributed by atoms with Gasteiger partial charge in [-0.3, -0.25) is 9.59 Å². The summed E-state index contributed by atoms with van der Waals surface area (Å²) in [6.07, 6.45) is 0.197. The molecule has 104 valence electrons. The van der Waals surface area contributed by atoms with Crippen molar-refractivity contribution in [3.63, 3.8) is 0 Å². The Balaban J connectivity index is 2.73. The number of nitrogens with zero attached hydrogens (tertiary/aromatic N) is 1. The molecule has 0 aliphatic heterocycles. The van der Waals surface area contributed by atoms with Crippen LogP contribution in [0.5, 0.6) is 0 Å². The molecule has 0 saturated heterocycles. The number of hydrogen-bond acceptors (Lipinski definition) is 4. The van der Waals surface area contributed by atoms with Crippen LogP contribution in [0.2, 0.25) is 0 Å². The minimum atomic E-state index is -0.320. The van der Waals surface area contributed by atoms with E-state index in [1.807, 2.05) is 25.1 Å². The number of rotatable bonds is 6. The summed E-state index contributed by atoms with van der Waals surface area (Å²) < 4.78 is 4.56. The van der Waals surface area contributed by atoms with Gasteiger partial charge in [-0.25, -0.2) is 0 Å². The summed E-state index contributed by atoms with van der Waals surface area (Å²) in [5, 5.41) is 3.15. The van der Waals surface area contributed by atoms with E-state index in [1.165, 1.54) is 12.0 Å². The molecule has 19 heavy (non-hydrogen) atoms. The summed E-state index contributed by atoms with van der Waals surface area (Å²) in [4.78, 5) is 24.9. The van der Waals surface area contributed by atoms with Gasteiger partial charge in [0.1, 0.15) is 0 Å². The van der Waals surface area contributed by atoms with Crippen LogP contribution >= 0.6 is 0 Å². The van der Waals surface area contributed by atoms with Gasteiger partial charge in [0, 0.05) is 25.8 Å². The Morgan fingerprint density at radius 2 is 2.00 bits per heavy atom. The number of esters is 1. The van der Waals surface area contributed by atoms with Gasteiger partial charge in [-0.15, -0.1) is 0 Å². The lowest BCUT2D eigenvalue weighted by Crippen LogP contribution is -2.29. The van der Waals surface area contributed by atoms with E-state index in [0.29, 0.717) is 12.1 Å². The van der Waals surface area contributed by atoms with E-state index in [1.54, 1.807) is 13.1 Å². The van der Waals surface area contributed by atoms with Crippen LogP contribution in [0, 0.1) is 0 Å². The molecule has 1 amide bonds. The molecule has 0 aliphatic carbocycles. The molecule has 0 unspecified atom stereocenters. The second-order valence-electron chi connectivity index (χ2n) is 4.13. The third-order valence-electron chi connectivity index (χ3n) is 2.75. The van der Waals surface area contributed by atoms with Gasteiger partial charge in [-0.05, 0) is 19.1 Å². The average molecular weight is 264 g/mol. The highest BCUT2D eigenvalue weighted by molar-refractivity contribution is 5.99. The first-order valence-electron chi connectivity index (χ1n) is 6.25. The van der Waals surface area contributed by atoms with E-state index in [2.05, 4.69) is 10.1 Å². The van der Waals surface area contributed by atoms with Crippen molar-refractivity contribution in [1.82, 2.24) is 4.90 Å². The molecule has 1 N–H and O–H groups in total. The van der Waals surface area contributed by atoms with Crippen molar-refractivity contribution in [2.75, 3.05) is 32.6 Å². The molecular formula is C14H20N2O3. The molecule has 0 fully saturated rings. The van der Waals surface area contributed by atoms with E-state index in [0.717, 1.165) is 12.2 Å². The molecule has 0 bridgehead atoms. The summed E-state index contributed by atoms with van der Waals surface area (Å²) >= 11 is 0. The van der Waals surface area contributed by atoms with Crippen molar-refractivity contribution in [3.8, 4) is 0 Å². The molecule has 1 aromatic rings. The molecule has 1 rings (SSSR count). The number of methoxy groups -OCH3 is 1. The lowest BCUT2D eigenvalue weighted by molar-refractivity contribution is -0.140. The van der Waals surface area contributed by atoms with Gasteiger partial charge in [0.05, 0.1) is 19.1 Å². The molecular weight excluding hydrogens is 244 g/mol. The standard InChI is InChI=1S/C14H20N2O3/c1-4-15-12-8-6-5-7-11(12)14(18)16(2)10-9-13(17)19-3/h5-8,15H,4,9-10H2,1-3H3. The predicted molar refractivity (Wildman–Crippen MR) is 74.2 cm³/mol. The highest BCUT2D eigenvalue weighted by Gasteiger charge is 2.16. The molecule has 0 spiro atoms. The quantitative estimate of drug-likeness (QED) is 0.795. The first-order valence-corrected chi connectivity index (χ1v) is 6.25. The van der Waals surface area contributed by atoms with Gasteiger partial charge in [-0.1, -0.05) is 12.1 Å². The summed E-state index contributed by atoms with van der Waals surface area (Å²) in [6, 6.07) is 7.34. The maximum Gasteiger partial charge on any atom is 0.307 e. The number of amides is 1. The Morgan fingerprint density at radius 1 is 1.32 bits per heavy atom. The van der Waals surface area contributed by atoms with Gasteiger partial charge in [0.15, 0.2) is 0 Å². The Hall–Kier alpha value is -2.04. The molecule has 0 saturated carbocycles. The van der Waals surface area contributed by atoms with Crippen molar-refractivity contribution in [2.24, 2.45) is 0 Å². The topological polar surface area (TPSA) is 58.6 Å². The molecule has 5 nitrogen and oxygen atoms in total. The maximum atomic E-state index is 12.3. The lowest BCUT2D eigenvalue weighted by Gasteiger charge is -2.18.